The van der Waals surface area contributed by atoms with Crippen LogP contribution in [0.5, 0.6) is 5.75 Å². The second-order valence-electron chi connectivity index (χ2n) is 6.12. The minimum atomic E-state index is -0.768. The molecule has 3 rings (SSSR count). The van der Waals surface area contributed by atoms with Gasteiger partial charge >= 0.3 is 0 Å². The zero-order valence-corrected chi connectivity index (χ0v) is 15.3. The highest BCUT2D eigenvalue weighted by Crippen LogP contribution is 2.17. The standard InChI is InChI=1S/C20H20FN3O4/c1-27-16-7-5-13(6-8-16)19(25)22-9-10-23-20(26)18-12-17(24-28-18)14-3-2-4-15(21)11-14/h2-8,11,18H,9-10,12H2,1H3,(H,22,25)(H,23,26). The largest absolute Gasteiger partial charge is 0.497 e. The summed E-state index contributed by atoms with van der Waals surface area (Å²) in [5, 5.41) is 9.27. The summed E-state index contributed by atoms with van der Waals surface area (Å²) in [6.07, 6.45) is -0.511. The summed E-state index contributed by atoms with van der Waals surface area (Å²) >= 11 is 0. The number of methoxy groups -OCH3 is 1. The molecule has 28 heavy (non-hydrogen) atoms. The van der Waals surface area contributed by atoms with Crippen LogP contribution in [0, 0.1) is 5.82 Å². The van der Waals surface area contributed by atoms with Crippen LogP contribution in [-0.2, 0) is 9.63 Å². The fraction of sp³-hybridized carbons (Fsp3) is 0.250. The predicted octanol–water partition coefficient (Wildman–Crippen LogP) is 1.87. The number of ether oxygens (including phenoxy) is 1. The van der Waals surface area contributed by atoms with Crippen molar-refractivity contribution >= 4 is 17.5 Å². The molecule has 2 amide bonds. The number of benzene rings is 2. The molecule has 2 aromatic carbocycles. The molecule has 0 spiro atoms. The number of oxime groups is 1. The first kappa shape index (κ1) is 19.3. The van der Waals surface area contributed by atoms with Crippen LogP contribution in [0.1, 0.15) is 22.3 Å². The van der Waals surface area contributed by atoms with Crippen LogP contribution in [-0.4, -0.2) is 43.8 Å². The van der Waals surface area contributed by atoms with Gasteiger partial charge < -0.3 is 20.2 Å². The average Bonchev–Trinajstić information content (AvgIpc) is 3.21. The topological polar surface area (TPSA) is 89.0 Å². The van der Waals surface area contributed by atoms with Gasteiger partial charge in [-0.2, -0.15) is 0 Å². The van der Waals surface area contributed by atoms with E-state index < -0.39 is 6.10 Å². The first-order valence-electron chi connectivity index (χ1n) is 8.75. The van der Waals surface area contributed by atoms with Crippen molar-refractivity contribution in [3.63, 3.8) is 0 Å². The van der Waals surface area contributed by atoms with E-state index in [1.54, 1.807) is 43.5 Å². The highest BCUT2D eigenvalue weighted by atomic mass is 19.1. The van der Waals surface area contributed by atoms with Gasteiger partial charge in [0.05, 0.1) is 12.8 Å². The molecule has 7 nitrogen and oxygen atoms in total. The van der Waals surface area contributed by atoms with Gasteiger partial charge in [-0.25, -0.2) is 4.39 Å². The summed E-state index contributed by atoms with van der Waals surface area (Å²) in [4.78, 5) is 29.3. The quantitative estimate of drug-likeness (QED) is 0.712. The molecular formula is C20H20FN3O4. The van der Waals surface area contributed by atoms with Gasteiger partial charge in [0.25, 0.3) is 11.8 Å². The Morgan fingerprint density at radius 2 is 1.93 bits per heavy atom. The lowest BCUT2D eigenvalue weighted by molar-refractivity contribution is -0.131. The summed E-state index contributed by atoms with van der Waals surface area (Å²) in [6, 6.07) is 12.7. The summed E-state index contributed by atoms with van der Waals surface area (Å²) in [5.74, 6) is -0.291. The molecule has 1 aliphatic heterocycles. The molecule has 0 saturated carbocycles. The summed E-state index contributed by atoms with van der Waals surface area (Å²) in [6.45, 7) is 0.511. The smallest absolute Gasteiger partial charge is 0.264 e. The van der Waals surface area contributed by atoms with Crippen molar-refractivity contribution in [2.45, 2.75) is 12.5 Å². The highest BCUT2D eigenvalue weighted by Gasteiger charge is 2.28. The molecule has 0 bridgehead atoms. The van der Waals surface area contributed by atoms with E-state index in [4.69, 9.17) is 9.57 Å². The maximum atomic E-state index is 13.3. The molecule has 2 N–H and O–H groups in total. The maximum absolute atomic E-state index is 13.3. The molecule has 1 aliphatic rings. The molecule has 2 aromatic rings. The van der Waals surface area contributed by atoms with Gasteiger partial charge in [0, 0.05) is 30.6 Å². The SMILES string of the molecule is COc1ccc(C(=O)NCCNC(=O)C2CC(c3cccc(F)c3)=NO2)cc1. The van der Waals surface area contributed by atoms with Crippen LogP contribution in [0.15, 0.2) is 53.7 Å². The molecule has 0 radical (unpaired) electrons. The van der Waals surface area contributed by atoms with Crippen LogP contribution in [0.3, 0.4) is 0 Å². The van der Waals surface area contributed by atoms with Crippen molar-refractivity contribution in [1.82, 2.24) is 10.6 Å². The predicted molar refractivity (Wildman–Crippen MR) is 101 cm³/mol. The third-order valence-electron chi connectivity index (χ3n) is 4.18. The van der Waals surface area contributed by atoms with Crippen LogP contribution in [0.4, 0.5) is 4.39 Å². The van der Waals surface area contributed by atoms with Crippen molar-refractivity contribution < 1.29 is 23.6 Å². The van der Waals surface area contributed by atoms with Crippen molar-refractivity contribution in [2.24, 2.45) is 5.16 Å². The highest BCUT2D eigenvalue weighted by molar-refractivity contribution is 6.04. The molecule has 0 saturated heterocycles. The number of hydrogen-bond acceptors (Lipinski definition) is 5. The Kier molecular flexibility index (Phi) is 6.21. The number of halogens is 1. The fourth-order valence-corrected chi connectivity index (χ4v) is 2.68. The van der Waals surface area contributed by atoms with Gasteiger partial charge in [-0.1, -0.05) is 17.3 Å². The monoisotopic (exact) mass is 385 g/mol. The van der Waals surface area contributed by atoms with E-state index in [1.165, 1.54) is 12.1 Å². The third kappa shape index (κ3) is 4.85. The Morgan fingerprint density at radius 1 is 1.18 bits per heavy atom. The van der Waals surface area contributed by atoms with Crippen molar-refractivity contribution in [1.29, 1.82) is 0 Å². The number of carbonyl (C=O) groups is 2. The van der Waals surface area contributed by atoms with Crippen LogP contribution in [0.25, 0.3) is 0 Å². The fourth-order valence-electron chi connectivity index (χ4n) is 2.68. The van der Waals surface area contributed by atoms with Gasteiger partial charge in [-0.15, -0.1) is 0 Å². The molecule has 1 heterocycles. The van der Waals surface area contributed by atoms with E-state index in [9.17, 15) is 14.0 Å². The Labute approximate surface area is 161 Å². The van der Waals surface area contributed by atoms with E-state index in [-0.39, 0.29) is 37.1 Å². The first-order chi connectivity index (χ1) is 13.6. The average molecular weight is 385 g/mol. The molecule has 146 valence electrons. The van der Waals surface area contributed by atoms with E-state index in [2.05, 4.69) is 15.8 Å². The molecule has 0 aromatic heterocycles. The lowest BCUT2D eigenvalue weighted by Gasteiger charge is -2.10. The zero-order valence-electron chi connectivity index (χ0n) is 15.3. The molecule has 8 heteroatoms. The number of nitrogens with zero attached hydrogens (tertiary/aromatic N) is 1. The second-order valence-corrected chi connectivity index (χ2v) is 6.12. The molecule has 0 aliphatic carbocycles. The van der Waals surface area contributed by atoms with Crippen molar-refractivity contribution in [3.05, 3.63) is 65.5 Å². The van der Waals surface area contributed by atoms with Crippen LogP contribution in [0.2, 0.25) is 0 Å². The molecule has 1 atom stereocenters. The molecule has 0 fully saturated rings. The Hall–Kier alpha value is -3.42. The summed E-state index contributed by atoms with van der Waals surface area (Å²) in [5.41, 5.74) is 1.61. The zero-order chi connectivity index (χ0) is 19.9. The Bertz CT molecular complexity index is 883. The second kappa shape index (κ2) is 8.98. The van der Waals surface area contributed by atoms with Gasteiger partial charge in [0.2, 0.25) is 6.10 Å². The van der Waals surface area contributed by atoms with Gasteiger partial charge in [-0.05, 0) is 36.4 Å². The molecular weight excluding hydrogens is 365 g/mol. The van der Waals surface area contributed by atoms with E-state index in [0.29, 0.717) is 22.6 Å². The van der Waals surface area contributed by atoms with E-state index >= 15 is 0 Å². The number of hydrogen-bond donors (Lipinski definition) is 2. The normalized spacial score (nSPS) is 15.4. The lowest BCUT2D eigenvalue weighted by atomic mass is 10.0. The van der Waals surface area contributed by atoms with E-state index in [1.807, 2.05) is 0 Å². The van der Waals surface area contributed by atoms with Crippen LogP contribution < -0.4 is 15.4 Å². The summed E-state index contributed by atoms with van der Waals surface area (Å²) < 4.78 is 18.3. The number of nitrogens with one attached hydrogen (secondary N) is 2. The Balaban J connectivity index is 1.39. The van der Waals surface area contributed by atoms with Crippen molar-refractivity contribution in [2.75, 3.05) is 20.2 Å². The number of amides is 2. The number of rotatable bonds is 7. The first-order valence-corrected chi connectivity index (χ1v) is 8.75. The minimum absolute atomic E-state index is 0.245. The summed E-state index contributed by atoms with van der Waals surface area (Å²) in [7, 11) is 1.55. The van der Waals surface area contributed by atoms with Gasteiger partial charge in [0.15, 0.2) is 0 Å². The third-order valence-corrected chi connectivity index (χ3v) is 4.18. The van der Waals surface area contributed by atoms with Gasteiger partial charge in [0.1, 0.15) is 11.6 Å². The maximum Gasteiger partial charge on any atom is 0.264 e. The number of carbonyl (C=O) groups excluding carboxylic acids is 2. The van der Waals surface area contributed by atoms with E-state index in [0.717, 1.165) is 0 Å². The van der Waals surface area contributed by atoms with Crippen molar-refractivity contribution in [3.8, 4) is 5.75 Å². The minimum Gasteiger partial charge on any atom is -0.497 e. The lowest BCUT2D eigenvalue weighted by Crippen LogP contribution is -2.39. The molecule has 1 unspecified atom stereocenters. The Morgan fingerprint density at radius 3 is 2.64 bits per heavy atom. The van der Waals surface area contributed by atoms with Gasteiger partial charge in [-0.3, -0.25) is 9.59 Å². The van der Waals surface area contributed by atoms with Crippen LogP contribution >= 0.6 is 0 Å².